The van der Waals surface area contributed by atoms with E-state index in [0.29, 0.717) is 13.8 Å². The van der Waals surface area contributed by atoms with Gasteiger partial charge >= 0.3 is 11.9 Å². The van der Waals surface area contributed by atoms with Crippen LogP contribution in [0.4, 0.5) is 0 Å². The molecule has 0 aliphatic carbocycles. The lowest BCUT2D eigenvalue weighted by molar-refractivity contribution is -0.210. The number of aliphatic carboxylic acids is 1. The minimum atomic E-state index is -3.75. The summed E-state index contributed by atoms with van der Waals surface area (Å²) < 4.78 is 4.27. The Bertz CT molecular complexity index is 442. The Morgan fingerprint density at radius 3 is 1.76 bits per heavy atom. The molecule has 0 bridgehead atoms. The Labute approximate surface area is 118 Å². The Morgan fingerprint density at radius 1 is 1.05 bits per heavy atom. The SMILES string of the molecule is CC(=O)C(O)(C(=O)O)C(O)(C(C)=O)C(=O)OCC(O)CO. The minimum Gasteiger partial charge on any atom is -0.479 e. The van der Waals surface area contributed by atoms with Crippen LogP contribution in [0.3, 0.4) is 0 Å². The van der Waals surface area contributed by atoms with E-state index < -0.39 is 54.0 Å². The number of hydrogen-bond donors (Lipinski definition) is 5. The van der Waals surface area contributed by atoms with E-state index >= 15 is 0 Å². The van der Waals surface area contributed by atoms with Gasteiger partial charge in [-0.15, -0.1) is 0 Å². The van der Waals surface area contributed by atoms with Crippen LogP contribution in [-0.2, 0) is 23.9 Å². The molecule has 0 rings (SSSR count). The molecule has 3 atom stereocenters. The monoisotopic (exact) mass is 308 g/mol. The van der Waals surface area contributed by atoms with Crippen LogP contribution in [0.5, 0.6) is 0 Å². The van der Waals surface area contributed by atoms with Gasteiger partial charge in [0.1, 0.15) is 12.7 Å². The minimum absolute atomic E-state index is 0.553. The summed E-state index contributed by atoms with van der Waals surface area (Å²) in [5.41, 5.74) is -7.44. The molecule has 120 valence electrons. The second kappa shape index (κ2) is 6.72. The van der Waals surface area contributed by atoms with Crippen molar-refractivity contribution in [3.63, 3.8) is 0 Å². The van der Waals surface area contributed by atoms with Crippen LogP contribution < -0.4 is 0 Å². The smallest absolute Gasteiger partial charge is 0.350 e. The molecule has 0 fully saturated rings. The highest BCUT2D eigenvalue weighted by Crippen LogP contribution is 2.27. The number of aliphatic hydroxyl groups is 4. The van der Waals surface area contributed by atoms with Gasteiger partial charge in [0.15, 0.2) is 11.6 Å². The Balaban J connectivity index is 5.72. The summed E-state index contributed by atoms with van der Waals surface area (Å²) in [5.74, 6) is -7.39. The third kappa shape index (κ3) is 3.24. The quantitative estimate of drug-likeness (QED) is 0.224. The normalized spacial score (nSPS) is 18.0. The molecule has 5 N–H and O–H groups in total. The van der Waals surface area contributed by atoms with E-state index in [-0.39, 0.29) is 0 Å². The Kier molecular flexibility index (Phi) is 6.12. The lowest BCUT2D eigenvalue weighted by Crippen LogP contribution is -2.71. The molecule has 0 saturated heterocycles. The van der Waals surface area contributed by atoms with E-state index in [0.717, 1.165) is 0 Å². The topological polar surface area (TPSA) is 179 Å². The third-order valence-corrected chi connectivity index (χ3v) is 2.77. The highest BCUT2D eigenvalue weighted by atomic mass is 16.6. The number of ketones is 2. The molecule has 0 aromatic carbocycles. The average molecular weight is 308 g/mol. The predicted molar refractivity (Wildman–Crippen MR) is 62.9 cm³/mol. The van der Waals surface area contributed by atoms with Gasteiger partial charge in [-0.05, 0) is 13.8 Å². The number of carbonyl (C=O) groups is 4. The van der Waals surface area contributed by atoms with Crippen LogP contribution in [0.25, 0.3) is 0 Å². The van der Waals surface area contributed by atoms with Gasteiger partial charge in [0.2, 0.25) is 0 Å². The zero-order valence-electron chi connectivity index (χ0n) is 11.3. The molecule has 10 nitrogen and oxygen atoms in total. The zero-order valence-corrected chi connectivity index (χ0v) is 11.3. The van der Waals surface area contributed by atoms with Crippen molar-refractivity contribution in [2.45, 2.75) is 31.2 Å². The van der Waals surface area contributed by atoms with E-state index in [2.05, 4.69) is 4.74 Å². The van der Waals surface area contributed by atoms with Crippen LogP contribution >= 0.6 is 0 Å². The zero-order chi connectivity index (χ0) is 17.0. The maximum absolute atomic E-state index is 11.7. The Morgan fingerprint density at radius 2 is 1.48 bits per heavy atom. The lowest BCUT2D eigenvalue weighted by Gasteiger charge is -2.34. The van der Waals surface area contributed by atoms with Crippen molar-refractivity contribution in [3.8, 4) is 0 Å². The largest absolute Gasteiger partial charge is 0.479 e. The highest BCUT2D eigenvalue weighted by Gasteiger charge is 2.67. The van der Waals surface area contributed by atoms with Crippen LogP contribution in [0.1, 0.15) is 13.8 Å². The number of hydrogen-bond acceptors (Lipinski definition) is 9. The average Bonchev–Trinajstić information content (AvgIpc) is 2.41. The Hall–Kier alpha value is -1.88. The molecule has 0 aromatic rings. The first-order valence-corrected chi connectivity index (χ1v) is 5.62. The van der Waals surface area contributed by atoms with E-state index in [9.17, 15) is 29.4 Å². The summed E-state index contributed by atoms with van der Waals surface area (Å²) >= 11 is 0. The fraction of sp³-hybridized carbons (Fsp3) is 0.636. The number of carboxylic acids is 1. The lowest BCUT2D eigenvalue weighted by atomic mass is 9.77. The van der Waals surface area contributed by atoms with Crippen molar-refractivity contribution < 1.29 is 49.4 Å². The van der Waals surface area contributed by atoms with Crippen molar-refractivity contribution in [1.29, 1.82) is 0 Å². The fourth-order valence-electron chi connectivity index (χ4n) is 1.44. The second-order valence-electron chi connectivity index (χ2n) is 4.27. The van der Waals surface area contributed by atoms with Crippen molar-refractivity contribution in [3.05, 3.63) is 0 Å². The van der Waals surface area contributed by atoms with E-state index in [1.807, 2.05) is 0 Å². The molecule has 3 unspecified atom stereocenters. The molecule has 0 radical (unpaired) electrons. The molecule has 10 heteroatoms. The van der Waals surface area contributed by atoms with Gasteiger partial charge in [0.25, 0.3) is 11.2 Å². The maximum Gasteiger partial charge on any atom is 0.350 e. The van der Waals surface area contributed by atoms with Gasteiger partial charge in [0.05, 0.1) is 6.61 Å². The summed E-state index contributed by atoms with van der Waals surface area (Å²) in [5, 5.41) is 46.2. The molecule has 0 amide bonds. The molecule has 0 aliphatic heterocycles. The van der Waals surface area contributed by atoms with Gasteiger partial charge in [-0.2, -0.15) is 0 Å². The van der Waals surface area contributed by atoms with Crippen molar-refractivity contribution in [1.82, 2.24) is 0 Å². The predicted octanol–water partition coefficient (Wildman–Crippen LogP) is -3.39. The van der Waals surface area contributed by atoms with Gasteiger partial charge < -0.3 is 30.3 Å². The summed E-state index contributed by atoms with van der Waals surface area (Å²) in [6.07, 6.45) is -1.56. The summed E-state index contributed by atoms with van der Waals surface area (Å²) in [6.45, 7) is -0.585. The first-order valence-electron chi connectivity index (χ1n) is 5.62. The number of aliphatic hydroxyl groups excluding tert-OH is 2. The maximum atomic E-state index is 11.7. The van der Waals surface area contributed by atoms with E-state index in [1.54, 1.807) is 0 Å². The first-order chi connectivity index (χ1) is 9.46. The number of ether oxygens (including phenoxy) is 1. The molecule has 0 aromatic heterocycles. The third-order valence-electron chi connectivity index (χ3n) is 2.77. The van der Waals surface area contributed by atoms with Crippen molar-refractivity contribution in [2.24, 2.45) is 0 Å². The molecule has 21 heavy (non-hydrogen) atoms. The highest BCUT2D eigenvalue weighted by molar-refractivity contribution is 6.21. The number of carbonyl (C=O) groups excluding carboxylic acids is 3. The van der Waals surface area contributed by atoms with Crippen LogP contribution in [0, 0.1) is 0 Å². The molecule has 0 saturated carbocycles. The van der Waals surface area contributed by atoms with E-state index in [4.69, 9.17) is 15.3 Å². The van der Waals surface area contributed by atoms with E-state index in [1.165, 1.54) is 0 Å². The van der Waals surface area contributed by atoms with Gasteiger partial charge in [-0.25, -0.2) is 9.59 Å². The second-order valence-corrected chi connectivity index (χ2v) is 4.27. The molecule has 0 spiro atoms. The van der Waals surface area contributed by atoms with Gasteiger partial charge in [-0.3, -0.25) is 9.59 Å². The van der Waals surface area contributed by atoms with Gasteiger partial charge in [-0.1, -0.05) is 0 Å². The standard InChI is InChI=1S/C11H16O10/c1-5(13)10(19,8(16)17)11(20,6(2)14)9(18)21-4-7(15)3-12/h7,12,15,19-20H,3-4H2,1-2H3,(H,16,17). The van der Waals surface area contributed by atoms with Crippen LogP contribution in [0.15, 0.2) is 0 Å². The van der Waals surface area contributed by atoms with Gasteiger partial charge in [0, 0.05) is 0 Å². The van der Waals surface area contributed by atoms with Crippen molar-refractivity contribution in [2.75, 3.05) is 13.2 Å². The summed E-state index contributed by atoms with van der Waals surface area (Å²) in [7, 11) is 0. The first kappa shape index (κ1) is 19.1. The molecule has 0 aliphatic rings. The molecular formula is C11H16O10. The molecular weight excluding hydrogens is 292 g/mol. The number of rotatable bonds is 8. The number of carboxylic acid groups (broad SMARTS) is 1. The van der Waals surface area contributed by atoms with Crippen LogP contribution in [-0.4, -0.2) is 79.6 Å². The number of esters is 1. The molecule has 0 heterocycles. The van der Waals surface area contributed by atoms with Crippen LogP contribution in [0.2, 0.25) is 0 Å². The summed E-state index contributed by atoms with van der Waals surface area (Å²) in [4.78, 5) is 45.5. The summed E-state index contributed by atoms with van der Waals surface area (Å²) in [6, 6.07) is 0. The van der Waals surface area contributed by atoms with Crippen molar-refractivity contribution >= 4 is 23.5 Å². The number of Topliss-reactive ketones (excluding diaryl/α,β-unsaturated/α-hetero) is 2. The fourth-order valence-corrected chi connectivity index (χ4v) is 1.44.